The highest BCUT2D eigenvalue weighted by Gasteiger charge is 2.09. The van der Waals surface area contributed by atoms with Gasteiger partial charge in [-0.25, -0.2) is 4.98 Å². The lowest BCUT2D eigenvalue weighted by Gasteiger charge is -2.21. The van der Waals surface area contributed by atoms with Crippen LogP contribution in [0.3, 0.4) is 0 Å². The van der Waals surface area contributed by atoms with Crippen molar-refractivity contribution in [3.63, 3.8) is 0 Å². The average molecular weight is 441 g/mol. The topological polar surface area (TPSA) is 58.3 Å². The lowest BCUT2D eigenvalue weighted by atomic mass is 10.4. The molecule has 0 aromatic carbocycles. The van der Waals surface area contributed by atoms with Crippen LogP contribution in [0.5, 0.6) is 0 Å². The molecule has 2 aromatic heterocycles. The van der Waals surface area contributed by atoms with Crippen molar-refractivity contribution in [2.75, 3.05) is 14.1 Å². The number of aryl methyl sites for hydroxylation is 1. The molecule has 9 heteroatoms. The first-order valence-corrected chi connectivity index (χ1v) is 7.28. The summed E-state index contributed by atoms with van der Waals surface area (Å²) in [6.45, 7) is 1.34. The Bertz CT molecular complexity index is 596. The molecule has 0 spiro atoms. The van der Waals surface area contributed by atoms with Crippen LogP contribution in [-0.2, 0) is 20.1 Å². The Hall–Kier alpha value is -0.870. The zero-order valence-electron chi connectivity index (χ0n) is 12.1. The zero-order chi connectivity index (χ0) is 14.5. The van der Waals surface area contributed by atoms with Crippen molar-refractivity contribution < 1.29 is 0 Å². The van der Waals surface area contributed by atoms with Gasteiger partial charge in [-0.2, -0.15) is 5.10 Å². The molecule has 2 aromatic rings. The fraction of sp³-hybridized carbons (Fsp3) is 0.417. The summed E-state index contributed by atoms with van der Waals surface area (Å²) in [6, 6.07) is 3.94. The van der Waals surface area contributed by atoms with E-state index < -0.39 is 0 Å². The van der Waals surface area contributed by atoms with E-state index >= 15 is 0 Å². The number of halogens is 2. The van der Waals surface area contributed by atoms with Gasteiger partial charge < -0.3 is 10.2 Å². The lowest BCUT2D eigenvalue weighted by Crippen LogP contribution is -2.38. The lowest BCUT2D eigenvalue weighted by molar-refractivity contribution is 0.478. The molecule has 0 fully saturated rings. The van der Waals surface area contributed by atoms with Gasteiger partial charge in [-0.3, -0.25) is 9.67 Å². The normalized spacial score (nSPS) is 11.1. The molecule has 0 unspecified atom stereocenters. The predicted molar refractivity (Wildman–Crippen MR) is 97.4 cm³/mol. The smallest absolute Gasteiger partial charge is 0.194 e. The molecule has 2 heterocycles. The summed E-state index contributed by atoms with van der Waals surface area (Å²) in [5.74, 6) is 1.66. The molecule has 0 saturated heterocycles. The van der Waals surface area contributed by atoms with Gasteiger partial charge in [0.2, 0.25) is 0 Å². The summed E-state index contributed by atoms with van der Waals surface area (Å²) in [5, 5.41) is 7.30. The maximum absolute atomic E-state index is 5.94. The minimum absolute atomic E-state index is 0. The second-order valence-electron chi connectivity index (χ2n) is 4.26. The third-order valence-corrected chi connectivity index (χ3v) is 4.02. The van der Waals surface area contributed by atoms with Gasteiger partial charge in [0, 0.05) is 26.0 Å². The highest BCUT2D eigenvalue weighted by molar-refractivity contribution is 14.0. The number of aromatic nitrogens is 3. The second-order valence-corrected chi connectivity index (χ2v) is 6.06. The first-order chi connectivity index (χ1) is 9.60. The van der Waals surface area contributed by atoms with Crippen LogP contribution in [0.1, 0.15) is 10.7 Å². The van der Waals surface area contributed by atoms with Crippen LogP contribution in [0.25, 0.3) is 0 Å². The Morgan fingerprint density at radius 3 is 2.81 bits per heavy atom. The summed E-state index contributed by atoms with van der Waals surface area (Å²) < 4.78 is 2.54. The number of nitrogens with zero attached hydrogens (tertiary/aromatic N) is 5. The Kier molecular flexibility index (Phi) is 7.40. The van der Waals surface area contributed by atoms with E-state index in [0.717, 1.165) is 22.7 Å². The number of hydrogen-bond acceptors (Lipinski definition) is 4. The van der Waals surface area contributed by atoms with Crippen molar-refractivity contribution in [3.8, 4) is 0 Å². The SMILES string of the molecule is CN=C(NCc1ncnn1C)N(C)Cc1ccc(Cl)s1.I. The highest BCUT2D eigenvalue weighted by atomic mass is 127. The molecule has 2 rings (SSSR count). The van der Waals surface area contributed by atoms with Crippen molar-refractivity contribution in [3.05, 3.63) is 33.5 Å². The third kappa shape index (κ3) is 5.11. The van der Waals surface area contributed by atoms with E-state index in [9.17, 15) is 0 Å². The molecule has 0 saturated carbocycles. The van der Waals surface area contributed by atoms with Crippen molar-refractivity contribution in [1.82, 2.24) is 25.0 Å². The molecule has 0 atom stereocenters. The van der Waals surface area contributed by atoms with E-state index in [2.05, 4.69) is 20.4 Å². The van der Waals surface area contributed by atoms with Gasteiger partial charge in [-0.05, 0) is 12.1 Å². The van der Waals surface area contributed by atoms with Gasteiger partial charge in [0.1, 0.15) is 12.2 Å². The van der Waals surface area contributed by atoms with Crippen LogP contribution in [0.4, 0.5) is 0 Å². The van der Waals surface area contributed by atoms with E-state index in [-0.39, 0.29) is 24.0 Å². The minimum Gasteiger partial charge on any atom is -0.349 e. The molecule has 0 amide bonds. The zero-order valence-corrected chi connectivity index (χ0v) is 16.0. The third-order valence-electron chi connectivity index (χ3n) is 2.81. The first-order valence-electron chi connectivity index (χ1n) is 6.09. The Morgan fingerprint density at radius 2 is 2.29 bits per heavy atom. The van der Waals surface area contributed by atoms with E-state index in [1.807, 2.05) is 31.1 Å². The summed E-state index contributed by atoms with van der Waals surface area (Å²) in [5.41, 5.74) is 0. The van der Waals surface area contributed by atoms with E-state index in [1.165, 1.54) is 11.2 Å². The summed E-state index contributed by atoms with van der Waals surface area (Å²) in [4.78, 5) is 11.7. The minimum atomic E-state index is 0. The monoisotopic (exact) mass is 440 g/mol. The average Bonchev–Trinajstić information content (AvgIpc) is 3.00. The Morgan fingerprint density at radius 1 is 1.52 bits per heavy atom. The van der Waals surface area contributed by atoms with Crippen molar-refractivity contribution in [2.45, 2.75) is 13.1 Å². The molecule has 0 radical (unpaired) electrons. The number of guanidine groups is 1. The van der Waals surface area contributed by atoms with E-state index in [4.69, 9.17) is 11.6 Å². The number of nitrogens with one attached hydrogen (secondary N) is 1. The molecule has 0 aliphatic carbocycles. The quantitative estimate of drug-likeness (QED) is 0.450. The fourth-order valence-corrected chi connectivity index (χ4v) is 2.91. The fourth-order valence-electron chi connectivity index (χ4n) is 1.77. The maximum Gasteiger partial charge on any atom is 0.194 e. The Labute approximate surface area is 150 Å². The van der Waals surface area contributed by atoms with Gasteiger partial charge in [0.05, 0.1) is 17.4 Å². The molecule has 6 nitrogen and oxygen atoms in total. The van der Waals surface area contributed by atoms with Gasteiger partial charge in [0.15, 0.2) is 5.96 Å². The molecule has 0 aliphatic rings. The summed E-state index contributed by atoms with van der Waals surface area (Å²) in [6.07, 6.45) is 1.54. The van der Waals surface area contributed by atoms with Crippen molar-refractivity contribution in [1.29, 1.82) is 0 Å². The standard InChI is InChI=1S/C12H17ClN6S.HI/c1-14-12(15-6-11-16-8-17-19(11)3)18(2)7-9-4-5-10(13)20-9;/h4-5,8H,6-7H2,1-3H3,(H,14,15);1H. The molecule has 21 heavy (non-hydrogen) atoms. The predicted octanol–water partition coefficient (Wildman–Crippen LogP) is 2.36. The van der Waals surface area contributed by atoms with Crippen LogP contribution >= 0.6 is 46.9 Å². The molecular weight excluding hydrogens is 423 g/mol. The van der Waals surface area contributed by atoms with Gasteiger partial charge in [0.25, 0.3) is 0 Å². The van der Waals surface area contributed by atoms with Gasteiger partial charge in [-0.15, -0.1) is 35.3 Å². The van der Waals surface area contributed by atoms with Crippen LogP contribution in [-0.4, -0.2) is 39.7 Å². The van der Waals surface area contributed by atoms with E-state index in [0.29, 0.717) is 6.54 Å². The molecule has 0 bridgehead atoms. The molecule has 1 N–H and O–H groups in total. The molecule has 0 aliphatic heterocycles. The van der Waals surface area contributed by atoms with Gasteiger partial charge >= 0.3 is 0 Å². The number of thiophene rings is 1. The van der Waals surface area contributed by atoms with E-state index in [1.54, 1.807) is 23.1 Å². The number of hydrogen-bond donors (Lipinski definition) is 1. The molecule has 116 valence electrons. The van der Waals surface area contributed by atoms with Crippen LogP contribution in [0, 0.1) is 0 Å². The number of aliphatic imine (C=N–C) groups is 1. The Balaban J connectivity index is 0.00000220. The van der Waals surface area contributed by atoms with Crippen LogP contribution in [0.2, 0.25) is 4.34 Å². The largest absolute Gasteiger partial charge is 0.349 e. The van der Waals surface area contributed by atoms with Crippen molar-refractivity contribution in [2.24, 2.45) is 12.0 Å². The maximum atomic E-state index is 5.94. The first kappa shape index (κ1) is 18.2. The second kappa shape index (κ2) is 8.54. The van der Waals surface area contributed by atoms with Gasteiger partial charge in [-0.1, -0.05) is 11.6 Å². The highest BCUT2D eigenvalue weighted by Crippen LogP contribution is 2.22. The van der Waals surface area contributed by atoms with Crippen LogP contribution < -0.4 is 5.32 Å². The van der Waals surface area contributed by atoms with Crippen molar-refractivity contribution >= 4 is 52.9 Å². The number of rotatable bonds is 4. The summed E-state index contributed by atoms with van der Waals surface area (Å²) in [7, 11) is 5.61. The molecular formula is C12H18ClIN6S. The van der Waals surface area contributed by atoms with Crippen LogP contribution in [0.15, 0.2) is 23.5 Å². The summed E-state index contributed by atoms with van der Waals surface area (Å²) >= 11 is 7.52.